The average Bonchev–Trinajstić information content (AvgIpc) is 2.38. The van der Waals surface area contributed by atoms with Gasteiger partial charge in [0, 0.05) is 0 Å². The third kappa shape index (κ3) is 5.04. The van der Waals surface area contributed by atoms with Crippen LogP contribution in [0.5, 0.6) is 0 Å². The van der Waals surface area contributed by atoms with E-state index >= 15 is 0 Å². The van der Waals surface area contributed by atoms with E-state index in [2.05, 4.69) is 10.2 Å². The van der Waals surface area contributed by atoms with Gasteiger partial charge in [-0.1, -0.05) is 0 Å². The fraction of sp³-hybridized carbons (Fsp3) is 0.333. The third-order valence-electron chi connectivity index (χ3n) is 2.35. The molecule has 0 saturated heterocycles. The number of ketones is 1. The van der Waals surface area contributed by atoms with E-state index in [9.17, 15) is 18.0 Å². The molecule has 0 unspecified atom stereocenters. The van der Waals surface area contributed by atoms with Gasteiger partial charge < -0.3 is 4.74 Å². The van der Waals surface area contributed by atoms with Crippen molar-refractivity contribution in [1.82, 2.24) is 0 Å². The van der Waals surface area contributed by atoms with E-state index in [0.29, 0.717) is 0 Å². The second-order valence-electron chi connectivity index (χ2n) is 4.02. The lowest BCUT2D eigenvalue weighted by Gasteiger charge is -2.06. The topological polar surface area (TPSA) is 128 Å². The summed E-state index contributed by atoms with van der Waals surface area (Å²) in [6, 6.07) is 3.87. The largest absolute Gasteiger partial charge is 0.464 e. The standard InChI is InChI=1S/C12H15N3O5S/c1-3-20-12(17)11(8(2)16)15-14-9-4-6-10(7-5-9)21(13,18)19/h4-7,11H,3H2,1-2H3,(H2,13,18,19)/t11-/m1/s1. The number of carbonyl (C=O) groups is 2. The number of hydrogen-bond donors (Lipinski definition) is 1. The molecule has 0 amide bonds. The van der Waals surface area contributed by atoms with Gasteiger partial charge in [-0.2, -0.15) is 10.2 Å². The first-order valence-corrected chi connectivity index (χ1v) is 7.51. The van der Waals surface area contributed by atoms with Crippen LogP contribution < -0.4 is 5.14 Å². The quantitative estimate of drug-likeness (QED) is 0.474. The van der Waals surface area contributed by atoms with Crippen molar-refractivity contribution in [2.75, 3.05) is 6.61 Å². The molecule has 0 aromatic heterocycles. The van der Waals surface area contributed by atoms with Crippen molar-refractivity contribution in [3.63, 3.8) is 0 Å². The number of azo groups is 1. The lowest BCUT2D eigenvalue weighted by atomic mass is 10.2. The Kier molecular flexibility index (Phi) is 5.68. The van der Waals surface area contributed by atoms with Crippen LogP contribution in [0.25, 0.3) is 0 Å². The Morgan fingerprint density at radius 1 is 1.29 bits per heavy atom. The van der Waals surface area contributed by atoms with Gasteiger partial charge in [0.2, 0.25) is 16.1 Å². The molecule has 0 radical (unpaired) electrons. The smallest absolute Gasteiger partial charge is 0.340 e. The highest BCUT2D eigenvalue weighted by Crippen LogP contribution is 2.16. The zero-order valence-corrected chi connectivity index (χ0v) is 12.3. The summed E-state index contributed by atoms with van der Waals surface area (Å²) >= 11 is 0. The minimum absolute atomic E-state index is 0.0741. The number of benzene rings is 1. The van der Waals surface area contributed by atoms with E-state index < -0.39 is 27.8 Å². The maximum atomic E-state index is 11.5. The SMILES string of the molecule is CCOC(=O)[C@H](N=Nc1ccc(S(N)(=O)=O)cc1)C(C)=O. The zero-order valence-electron chi connectivity index (χ0n) is 11.5. The van der Waals surface area contributed by atoms with Crippen LogP contribution in [0.1, 0.15) is 13.8 Å². The number of carbonyl (C=O) groups excluding carboxylic acids is 2. The van der Waals surface area contributed by atoms with Crippen LogP contribution in [-0.2, 0) is 24.3 Å². The molecule has 0 aliphatic rings. The van der Waals surface area contributed by atoms with Crippen molar-refractivity contribution in [2.24, 2.45) is 15.4 Å². The molecule has 0 aliphatic heterocycles. The van der Waals surface area contributed by atoms with Gasteiger partial charge in [-0.05, 0) is 38.1 Å². The first-order chi connectivity index (χ1) is 9.75. The molecule has 9 heteroatoms. The first-order valence-electron chi connectivity index (χ1n) is 5.96. The van der Waals surface area contributed by atoms with Crippen molar-refractivity contribution in [3.05, 3.63) is 24.3 Å². The molecule has 2 N–H and O–H groups in total. The van der Waals surface area contributed by atoms with E-state index in [0.717, 1.165) is 0 Å². The highest BCUT2D eigenvalue weighted by atomic mass is 32.2. The van der Waals surface area contributed by atoms with Crippen LogP contribution in [0.2, 0.25) is 0 Å². The van der Waals surface area contributed by atoms with Gasteiger partial charge >= 0.3 is 5.97 Å². The highest BCUT2D eigenvalue weighted by molar-refractivity contribution is 7.89. The van der Waals surface area contributed by atoms with E-state index in [1.807, 2.05) is 0 Å². The second-order valence-corrected chi connectivity index (χ2v) is 5.58. The summed E-state index contributed by atoms with van der Waals surface area (Å²) in [6.45, 7) is 2.93. The molecule has 0 aliphatic carbocycles. The molecule has 1 atom stereocenters. The Bertz CT molecular complexity index is 652. The number of nitrogens with zero attached hydrogens (tertiary/aromatic N) is 2. The number of hydrogen-bond acceptors (Lipinski definition) is 7. The summed E-state index contributed by atoms with van der Waals surface area (Å²) in [6.07, 6.45) is 0. The monoisotopic (exact) mass is 313 g/mol. The van der Waals surface area contributed by atoms with Gasteiger partial charge in [0.15, 0.2) is 5.78 Å². The van der Waals surface area contributed by atoms with E-state index in [1.165, 1.54) is 31.2 Å². The molecular weight excluding hydrogens is 298 g/mol. The number of primary sulfonamides is 1. The molecule has 0 saturated carbocycles. The summed E-state index contributed by atoms with van der Waals surface area (Å²) < 4.78 is 26.9. The van der Waals surface area contributed by atoms with Crippen LogP contribution in [-0.4, -0.2) is 32.8 Å². The van der Waals surface area contributed by atoms with Crippen molar-refractivity contribution in [2.45, 2.75) is 24.8 Å². The highest BCUT2D eigenvalue weighted by Gasteiger charge is 2.24. The maximum Gasteiger partial charge on any atom is 0.340 e. The lowest BCUT2D eigenvalue weighted by Crippen LogP contribution is -2.28. The van der Waals surface area contributed by atoms with Crippen molar-refractivity contribution < 1.29 is 22.7 Å². The predicted octanol–water partition coefficient (Wildman–Crippen LogP) is 0.938. The molecule has 0 fully saturated rings. The third-order valence-corrected chi connectivity index (χ3v) is 3.28. The fourth-order valence-electron chi connectivity index (χ4n) is 1.34. The van der Waals surface area contributed by atoms with E-state index in [1.54, 1.807) is 6.92 Å². The average molecular weight is 313 g/mol. The van der Waals surface area contributed by atoms with Crippen LogP contribution in [0.15, 0.2) is 39.4 Å². The van der Waals surface area contributed by atoms with Gasteiger partial charge in [0.1, 0.15) is 0 Å². The molecule has 21 heavy (non-hydrogen) atoms. The Morgan fingerprint density at radius 2 is 1.86 bits per heavy atom. The van der Waals surface area contributed by atoms with E-state index in [-0.39, 0.29) is 17.2 Å². The van der Waals surface area contributed by atoms with Gasteiger partial charge in [-0.15, -0.1) is 0 Å². The number of sulfonamides is 1. The van der Waals surface area contributed by atoms with Crippen molar-refractivity contribution in [1.29, 1.82) is 0 Å². The minimum Gasteiger partial charge on any atom is -0.464 e. The summed E-state index contributed by atoms with van der Waals surface area (Å²) in [5, 5.41) is 12.3. The van der Waals surface area contributed by atoms with Crippen LogP contribution in [0.3, 0.4) is 0 Å². The first kappa shape index (κ1) is 16.9. The molecule has 0 heterocycles. The van der Waals surface area contributed by atoms with Gasteiger partial charge in [0.05, 0.1) is 17.2 Å². The Balaban J connectivity index is 2.92. The summed E-state index contributed by atoms with van der Waals surface area (Å²) in [4.78, 5) is 22.7. The molecule has 114 valence electrons. The zero-order chi connectivity index (χ0) is 16.0. The number of rotatable bonds is 6. The number of esters is 1. The number of ether oxygens (including phenoxy) is 1. The number of Topliss-reactive ketones (excluding diaryl/α,β-unsaturated/α-hetero) is 1. The Hall–Kier alpha value is -2.13. The molecule has 1 aromatic rings. The molecule has 1 aromatic carbocycles. The van der Waals surface area contributed by atoms with Crippen LogP contribution in [0.4, 0.5) is 5.69 Å². The normalized spacial score (nSPS) is 13.1. The molecule has 0 bridgehead atoms. The Morgan fingerprint density at radius 3 is 2.29 bits per heavy atom. The molecule has 1 rings (SSSR count). The molecular formula is C12H15N3O5S. The summed E-state index contributed by atoms with van der Waals surface area (Å²) in [7, 11) is -3.79. The summed E-state index contributed by atoms with van der Waals surface area (Å²) in [5.74, 6) is -1.28. The summed E-state index contributed by atoms with van der Waals surface area (Å²) in [5.41, 5.74) is 0.276. The second kappa shape index (κ2) is 7.04. The number of nitrogens with two attached hydrogens (primary N) is 1. The predicted molar refractivity (Wildman–Crippen MR) is 73.4 cm³/mol. The van der Waals surface area contributed by atoms with Crippen molar-refractivity contribution in [3.8, 4) is 0 Å². The molecule has 0 spiro atoms. The van der Waals surface area contributed by atoms with Gasteiger partial charge in [0.25, 0.3) is 0 Å². The minimum atomic E-state index is -3.79. The van der Waals surface area contributed by atoms with Gasteiger partial charge in [-0.3, -0.25) is 4.79 Å². The van der Waals surface area contributed by atoms with E-state index in [4.69, 9.17) is 9.88 Å². The molecule has 8 nitrogen and oxygen atoms in total. The Labute approximate surface area is 122 Å². The maximum absolute atomic E-state index is 11.5. The van der Waals surface area contributed by atoms with Gasteiger partial charge in [-0.25, -0.2) is 18.4 Å². The van der Waals surface area contributed by atoms with Crippen LogP contribution in [0, 0.1) is 0 Å². The fourth-order valence-corrected chi connectivity index (χ4v) is 1.86. The van der Waals surface area contributed by atoms with Crippen molar-refractivity contribution >= 4 is 27.5 Å². The van der Waals surface area contributed by atoms with Crippen LogP contribution >= 0.6 is 0 Å². The lowest BCUT2D eigenvalue weighted by molar-refractivity contribution is -0.147.